The van der Waals surface area contributed by atoms with Crippen LogP contribution in [0, 0.1) is 0 Å². The van der Waals surface area contributed by atoms with E-state index in [0.29, 0.717) is 0 Å². The molecule has 0 radical (unpaired) electrons. The molecule has 0 rings (SSSR count). The van der Waals surface area contributed by atoms with Crippen LogP contribution in [0.15, 0.2) is 0 Å². The average molecular weight is 2190 g/mol. The van der Waals surface area contributed by atoms with Crippen molar-refractivity contribution in [1.29, 1.82) is 0 Å². The quantitative estimate of drug-likeness (QED) is 0.209. The number of aliphatic carboxylic acids is 1. The van der Waals surface area contributed by atoms with Crippen molar-refractivity contribution in [2.75, 3.05) is 0 Å². The SMILES string of the molecule is O=C(O)C(Br)(Br)C(Br)(Br)C(Br)(Br)C(Br)(Br)C(Br)(Br)C(Br)(Br)C(Br)(Br)C(Br)(Br)C(Br)(Br)C(Br)(Br)C(Br)(Br)C(Br)(Br)Br. The molecule has 0 aliphatic heterocycles. The lowest BCUT2D eigenvalue weighted by atomic mass is 10.0. The number of carbonyl (C=O) groups is 1. The van der Waals surface area contributed by atoms with E-state index in [1.54, 1.807) is 0 Å². The summed E-state index contributed by atoms with van der Waals surface area (Å²) < 4.78 is -15.4. The number of alkyl halides is 25. The van der Waals surface area contributed by atoms with Crippen LogP contribution >= 0.6 is 398 Å². The zero-order chi connectivity index (χ0) is 33.6. The van der Waals surface area contributed by atoms with E-state index in [2.05, 4.69) is 398 Å². The Morgan fingerprint density at radius 2 is 0.450 bits per heavy atom. The number of rotatable bonds is 11. The first-order chi connectivity index (χ1) is 16.7. The third-order valence-electron chi connectivity index (χ3n) is 4.57. The van der Waals surface area contributed by atoms with E-state index in [1.807, 2.05) is 0 Å². The molecule has 40 heavy (non-hydrogen) atoms. The van der Waals surface area contributed by atoms with Crippen molar-refractivity contribution in [3.63, 3.8) is 0 Å². The summed E-state index contributed by atoms with van der Waals surface area (Å²) in [6, 6.07) is 0. The van der Waals surface area contributed by atoms with E-state index in [0.717, 1.165) is 0 Å². The molecule has 1 N–H and O–H groups in total. The summed E-state index contributed by atoms with van der Waals surface area (Å²) in [5, 5.41) is 9.96. The fraction of sp³-hybridized carbons (Fsp3) is 0.923. The van der Waals surface area contributed by atoms with Crippen molar-refractivity contribution >= 4 is 404 Å². The summed E-state index contributed by atoms with van der Waals surface area (Å²) in [7, 11) is 0. The molecule has 0 amide bonds. The van der Waals surface area contributed by atoms with Crippen molar-refractivity contribution in [1.82, 2.24) is 0 Å². The van der Waals surface area contributed by atoms with Crippen LogP contribution in [0.25, 0.3) is 0 Å². The van der Waals surface area contributed by atoms with Crippen LogP contribution in [-0.4, -0.2) is 48.8 Å². The van der Waals surface area contributed by atoms with Crippen molar-refractivity contribution in [3.05, 3.63) is 0 Å². The average Bonchev–Trinajstić information content (AvgIpc) is 2.71. The van der Waals surface area contributed by atoms with E-state index < -0.39 is 43.7 Å². The maximum atomic E-state index is 12.2. The molecular formula is C13HBr25O2. The summed E-state index contributed by atoms with van der Waals surface area (Å²) in [4.78, 5) is 12.2. The molecule has 0 spiro atoms. The van der Waals surface area contributed by atoms with Crippen molar-refractivity contribution in [2.24, 2.45) is 0 Å². The Bertz CT molecular complexity index is 970. The van der Waals surface area contributed by atoms with Crippen molar-refractivity contribution in [2.45, 2.75) is 37.7 Å². The van der Waals surface area contributed by atoms with Gasteiger partial charge in [-0.25, -0.2) is 4.79 Å². The predicted molar refractivity (Wildman–Crippen MR) is 264 cm³/mol. The lowest BCUT2D eigenvalue weighted by molar-refractivity contribution is -0.137. The molecule has 0 unspecified atom stereocenters. The van der Waals surface area contributed by atoms with Crippen molar-refractivity contribution < 1.29 is 9.90 Å². The van der Waals surface area contributed by atoms with Gasteiger partial charge >= 0.3 is 5.97 Å². The van der Waals surface area contributed by atoms with Gasteiger partial charge in [0.1, 0.15) is 32.3 Å². The Labute approximate surface area is 441 Å². The molecule has 0 aromatic heterocycles. The van der Waals surface area contributed by atoms with Gasteiger partial charge in [0, 0.05) is 0 Å². The molecule has 0 heterocycles. The lowest BCUT2D eigenvalue weighted by Gasteiger charge is -2.60. The largest absolute Gasteiger partial charge is 0.480 e. The molecule has 2 nitrogen and oxygen atoms in total. The van der Waals surface area contributed by atoms with E-state index in [-0.39, 0.29) is 0 Å². The molecule has 0 saturated heterocycles. The highest BCUT2D eigenvalue weighted by atomic mass is 80.0. The minimum Gasteiger partial charge on any atom is -0.480 e. The summed E-state index contributed by atoms with van der Waals surface area (Å²) in [5.74, 6) is -1.22. The molecule has 0 saturated carbocycles. The van der Waals surface area contributed by atoms with Crippen LogP contribution in [0.3, 0.4) is 0 Å². The highest BCUT2D eigenvalue weighted by Gasteiger charge is 2.81. The second-order valence-electron chi connectivity index (χ2n) is 7.12. The monoisotopic (exact) mass is 2160 g/mol. The molecule has 0 aromatic rings. The zero-order valence-electron chi connectivity index (χ0n) is 16.8. The van der Waals surface area contributed by atoms with Gasteiger partial charge < -0.3 is 5.11 Å². The third-order valence-corrected chi connectivity index (χ3v) is 56.5. The molecular weight excluding hydrogens is 2190 g/mol. The molecule has 0 aliphatic carbocycles. The Kier molecular flexibility index (Phi) is 21.3. The molecule has 0 aromatic carbocycles. The minimum absolute atomic E-state index is 0.894. The van der Waals surface area contributed by atoms with Crippen LogP contribution in [-0.2, 0) is 4.79 Å². The Hall–Kier alpha value is 11.5. The summed E-state index contributed by atoms with van der Waals surface area (Å²) in [6.45, 7) is 0. The Morgan fingerprint density at radius 1 is 0.300 bits per heavy atom. The van der Waals surface area contributed by atoms with Crippen LogP contribution in [0.1, 0.15) is 0 Å². The molecule has 0 bridgehead atoms. The molecule has 240 valence electrons. The topological polar surface area (TPSA) is 37.3 Å². The molecule has 0 fully saturated rings. The summed E-state index contributed by atoms with van der Waals surface area (Å²) in [5.41, 5.74) is 0. The van der Waals surface area contributed by atoms with Gasteiger partial charge in [-0.05, 0) is 0 Å². The number of carboxylic acids is 1. The second kappa shape index (κ2) is 16.5. The number of carboxylic acid groups (broad SMARTS) is 1. The van der Waals surface area contributed by atoms with Gasteiger partial charge in [-0.15, -0.1) is 0 Å². The van der Waals surface area contributed by atoms with Crippen LogP contribution in [0.5, 0.6) is 0 Å². The van der Waals surface area contributed by atoms with Gasteiger partial charge in [0.05, 0.1) is 0 Å². The fourth-order valence-electron chi connectivity index (χ4n) is 2.09. The summed E-state index contributed by atoms with van der Waals surface area (Å²) in [6.07, 6.45) is 0. The van der Waals surface area contributed by atoms with E-state index in [4.69, 9.17) is 0 Å². The smallest absolute Gasteiger partial charge is 0.333 e. The Morgan fingerprint density at radius 3 is 0.600 bits per heavy atom. The first kappa shape index (κ1) is 51.5. The fourth-order valence-corrected chi connectivity index (χ4v) is 25.8. The van der Waals surface area contributed by atoms with Gasteiger partial charge in [0.2, 0.25) is 3.23 Å². The standard InChI is InChI=1S/C13HBr25O2/c14-2(15,1(39)40)3(16,17)4(18,19)5(20,21)6(22,23)7(24,25)8(26,27)9(28,29)10(30,31)11(32,33)12(34,35)13(36,37)38/h(H,39,40). The first-order valence-corrected chi connectivity index (χ1v) is 28.0. The van der Waals surface area contributed by atoms with Crippen LogP contribution in [0.4, 0.5) is 0 Å². The van der Waals surface area contributed by atoms with E-state index >= 15 is 0 Å². The molecule has 27 heteroatoms. The number of halogens is 25. The number of hydrogen-bond acceptors (Lipinski definition) is 1. The summed E-state index contributed by atoms with van der Waals surface area (Å²) >= 11 is 92.9. The van der Waals surface area contributed by atoms with E-state index in [9.17, 15) is 9.90 Å². The van der Waals surface area contributed by atoms with Gasteiger partial charge in [0.15, 0.2) is 2.14 Å². The first-order valence-electron chi connectivity index (χ1n) is 8.15. The highest BCUT2D eigenvalue weighted by Crippen LogP contribution is 2.81. The lowest BCUT2D eigenvalue weighted by Crippen LogP contribution is -2.72. The zero-order valence-corrected chi connectivity index (χ0v) is 56.5. The van der Waals surface area contributed by atoms with Gasteiger partial charge in [-0.2, -0.15) is 0 Å². The number of hydrogen-bond donors (Lipinski definition) is 1. The molecule has 0 atom stereocenters. The van der Waals surface area contributed by atoms with Gasteiger partial charge in [-0.1, -0.05) is 398 Å². The normalized spacial score (nSPS) is 16.8. The maximum Gasteiger partial charge on any atom is 0.333 e. The highest BCUT2D eigenvalue weighted by molar-refractivity contribution is 9.42. The molecule has 0 aliphatic rings. The second-order valence-corrected chi connectivity index (χ2v) is 51.8. The van der Waals surface area contributed by atoms with Gasteiger partial charge in [0.25, 0.3) is 0 Å². The Balaban J connectivity index is 7.37. The predicted octanol–water partition coefficient (Wildman–Crippen LogP) is 18.3. The van der Waals surface area contributed by atoms with Crippen molar-refractivity contribution in [3.8, 4) is 0 Å². The van der Waals surface area contributed by atoms with Crippen LogP contribution < -0.4 is 0 Å². The third kappa shape index (κ3) is 8.57. The van der Waals surface area contributed by atoms with Gasteiger partial charge in [-0.3, -0.25) is 0 Å². The van der Waals surface area contributed by atoms with Crippen LogP contribution in [0.2, 0.25) is 0 Å². The van der Waals surface area contributed by atoms with E-state index in [1.165, 1.54) is 0 Å². The maximum absolute atomic E-state index is 12.2. The minimum atomic E-state index is -1.74.